The lowest BCUT2D eigenvalue weighted by Gasteiger charge is -2.25. The number of amides is 1. The summed E-state index contributed by atoms with van der Waals surface area (Å²) in [5, 5.41) is 10.6. The van der Waals surface area contributed by atoms with Crippen LogP contribution in [0, 0.1) is 0 Å². The Morgan fingerprint density at radius 2 is 2.20 bits per heavy atom. The maximum absolute atomic E-state index is 11.8. The number of hydrogen-bond donors (Lipinski definition) is 2. The van der Waals surface area contributed by atoms with Crippen molar-refractivity contribution in [3.05, 3.63) is 23.8 Å². The number of carbonyl (C=O) groups is 1. The molecule has 1 aromatic rings. The monoisotopic (exact) mass is 277 g/mol. The van der Waals surface area contributed by atoms with Gasteiger partial charge in [-0.1, -0.05) is 0 Å². The Morgan fingerprint density at radius 3 is 2.75 bits per heavy atom. The van der Waals surface area contributed by atoms with Crippen LogP contribution in [0.2, 0.25) is 0 Å². The zero-order valence-corrected chi connectivity index (χ0v) is 12.4. The number of rotatable bonds is 2. The first kappa shape index (κ1) is 14.8. The summed E-state index contributed by atoms with van der Waals surface area (Å²) in [5.41, 5.74) is 7.68. The van der Waals surface area contributed by atoms with Crippen molar-refractivity contribution >= 4 is 17.3 Å². The molecule has 1 amide bonds. The van der Waals surface area contributed by atoms with Crippen LogP contribution in [0.4, 0.5) is 11.4 Å². The average Bonchev–Trinajstić information content (AvgIpc) is 2.54. The standard InChI is InChI=1S/C15H23N3O2/c1-11(19)18-7-6-15(20,10-16)9-12-8-13(17(2)3)4-5-14(12)18/h4-5,8,20H,6-7,9-10,16H2,1-3H3. The van der Waals surface area contributed by atoms with Crippen LogP contribution in [-0.2, 0) is 11.2 Å². The molecule has 0 aromatic heterocycles. The van der Waals surface area contributed by atoms with E-state index in [9.17, 15) is 9.90 Å². The summed E-state index contributed by atoms with van der Waals surface area (Å²) in [6.45, 7) is 2.25. The van der Waals surface area contributed by atoms with Gasteiger partial charge in [-0.15, -0.1) is 0 Å². The molecule has 0 aliphatic carbocycles. The predicted octanol–water partition coefficient (Wildman–Crippen LogP) is 0.742. The molecule has 0 saturated heterocycles. The predicted molar refractivity (Wildman–Crippen MR) is 81.1 cm³/mol. The molecule has 0 fully saturated rings. The van der Waals surface area contributed by atoms with E-state index in [0.717, 1.165) is 16.9 Å². The molecule has 1 aliphatic heterocycles. The number of hydrogen-bond acceptors (Lipinski definition) is 4. The van der Waals surface area contributed by atoms with E-state index in [1.807, 2.05) is 37.2 Å². The van der Waals surface area contributed by atoms with Crippen molar-refractivity contribution in [3.8, 4) is 0 Å². The Bertz CT molecular complexity index is 516. The van der Waals surface area contributed by atoms with Crippen LogP contribution in [0.25, 0.3) is 0 Å². The quantitative estimate of drug-likeness (QED) is 0.836. The van der Waals surface area contributed by atoms with Crippen molar-refractivity contribution in [1.29, 1.82) is 0 Å². The lowest BCUT2D eigenvalue weighted by Crippen LogP contribution is -2.41. The van der Waals surface area contributed by atoms with Crippen LogP contribution < -0.4 is 15.5 Å². The molecule has 110 valence electrons. The van der Waals surface area contributed by atoms with E-state index in [4.69, 9.17) is 5.73 Å². The summed E-state index contributed by atoms with van der Waals surface area (Å²) in [6.07, 6.45) is 0.972. The van der Waals surface area contributed by atoms with Crippen LogP contribution in [0.15, 0.2) is 18.2 Å². The van der Waals surface area contributed by atoms with E-state index >= 15 is 0 Å². The third-order valence-corrected chi connectivity index (χ3v) is 3.95. The molecular weight excluding hydrogens is 254 g/mol. The fourth-order valence-corrected chi connectivity index (χ4v) is 2.64. The average molecular weight is 277 g/mol. The molecule has 0 spiro atoms. The van der Waals surface area contributed by atoms with E-state index in [1.165, 1.54) is 0 Å². The van der Waals surface area contributed by atoms with E-state index in [-0.39, 0.29) is 12.5 Å². The lowest BCUT2D eigenvalue weighted by molar-refractivity contribution is -0.116. The topological polar surface area (TPSA) is 69.8 Å². The highest BCUT2D eigenvalue weighted by Crippen LogP contribution is 2.33. The number of anilines is 2. The van der Waals surface area contributed by atoms with Crippen LogP contribution in [0.3, 0.4) is 0 Å². The number of benzene rings is 1. The van der Waals surface area contributed by atoms with E-state index in [0.29, 0.717) is 19.4 Å². The van der Waals surface area contributed by atoms with Gasteiger partial charge in [-0.2, -0.15) is 0 Å². The number of aliphatic hydroxyl groups is 1. The molecule has 5 nitrogen and oxygen atoms in total. The fraction of sp³-hybridized carbons (Fsp3) is 0.533. The molecular formula is C15H23N3O2. The minimum absolute atomic E-state index is 0.00914. The Hall–Kier alpha value is -1.59. The van der Waals surface area contributed by atoms with Crippen molar-refractivity contribution in [3.63, 3.8) is 0 Å². The maximum atomic E-state index is 11.8. The number of fused-ring (bicyclic) bond motifs is 1. The van der Waals surface area contributed by atoms with Gasteiger partial charge in [-0.25, -0.2) is 0 Å². The zero-order chi connectivity index (χ0) is 14.9. The van der Waals surface area contributed by atoms with Gasteiger partial charge in [-0.3, -0.25) is 4.79 Å². The largest absolute Gasteiger partial charge is 0.388 e. The van der Waals surface area contributed by atoms with Gasteiger partial charge in [0, 0.05) is 51.9 Å². The first-order valence-electron chi connectivity index (χ1n) is 6.87. The summed E-state index contributed by atoms with van der Waals surface area (Å²) >= 11 is 0. The minimum atomic E-state index is -0.941. The van der Waals surface area contributed by atoms with E-state index in [1.54, 1.807) is 11.8 Å². The Balaban J connectivity index is 2.50. The first-order valence-corrected chi connectivity index (χ1v) is 6.87. The van der Waals surface area contributed by atoms with Crippen LogP contribution >= 0.6 is 0 Å². The van der Waals surface area contributed by atoms with Gasteiger partial charge in [-0.05, 0) is 30.2 Å². The van der Waals surface area contributed by atoms with Crippen molar-refractivity contribution < 1.29 is 9.90 Å². The van der Waals surface area contributed by atoms with Gasteiger partial charge in [0.2, 0.25) is 5.91 Å². The SMILES string of the molecule is CC(=O)N1CCC(O)(CN)Cc2cc(N(C)C)ccc21. The molecule has 1 atom stereocenters. The van der Waals surface area contributed by atoms with Crippen molar-refractivity contribution in [2.75, 3.05) is 37.0 Å². The first-order chi connectivity index (χ1) is 9.36. The van der Waals surface area contributed by atoms with Crippen LogP contribution in [0.1, 0.15) is 18.9 Å². The Labute approximate surface area is 120 Å². The van der Waals surface area contributed by atoms with Gasteiger partial charge in [0.05, 0.1) is 5.60 Å². The van der Waals surface area contributed by atoms with Gasteiger partial charge < -0.3 is 20.6 Å². The molecule has 0 bridgehead atoms. The number of carbonyl (C=O) groups excluding carboxylic acids is 1. The summed E-state index contributed by atoms with van der Waals surface area (Å²) in [4.78, 5) is 15.6. The third-order valence-electron chi connectivity index (χ3n) is 3.95. The summed E-state index contributed by atoms with van der Waals surface area (Å²) in [6, 6.07) is 5.97. The number of nitrogens with two attached hydrogens (primary N) is 1. The molecule has 0 radical (unpaired) electrons. The maximum Gasteiger partial charge on any atom is 0.223 e. The fourth-order valence-electron chi connectivity index (χ4n) is 2.64. The molecule has 5 heteroatoms. The molecule has 1 aromatic carbocycles. The molecule has 20 heavy (non-hydrogen) atoms. The van der Waals surface area contributed by atoms with Gasteiger partial charge >= 0.3 is 0 Å². The smallest absolute Gasteiger partial charge is 0.223 e. The van der Waals surface area contributed by atoms with Gasteiger partial charge in [0.1, 0.15) is 0 Å². The zero-order valence-electron chi connectivity index (χ0n) is 12.4. The molecule has 1 unspecified atom stereocenters. The second-order valence-corrected chi connectivity index (χ2v) is 5.73. The van der Waals surface area contributed by atoms with Gasteiger partial charge in [0.15, 0.2) is 0 Å². The van der Waals surface area contributed by atoms with Crippen LogP contribution in [0.5, 0.6) is 0 Å². The second-order valence-electron chi connectivity index (χ2n) is 5.73. The highest BCUT2D eigenvalue weighted by Gasteiger charge is 2.32. The highest BCUT2D eigenvalue weighted by molar-refractivity contribution is 5.93. The molecule has 1 aliphatic rings. The molecule has 3 N–H and O–H groups in total. The number of nitrogens with zero attached hydrogens (tertiary/aromatic N) is 2. The minimum Gasteiger partial charge on any atom is -0.388 e. The van der Waals surface area contributed by atoms with E-state index in [2.05, 4.69) is 0 Å². The Kier molecular flexibility index (Phi) is 4.01. The molecule has 0 saturated carbocycles. The third kappa shape index (κ3) is 2.78. The van der Waals surface area contributed by atoms with Crippen molar-refractivity contribution in [2.24, 2.45) is 5.73 Å². The van der Waals surface area contributed by atoms with Crippen molar-refractivity contribution in [2.45, 2.75) is 25.4 Å². The Morgan fingerprint density at radius 1 is 1.50 bits per heavy atom. The summed E-state index contributed by atoms with van der Waals surface area (Å²) < 4.78 is 0. The molecule has 1 heterocycles. The van der Waals surface area contributed by atoms with E-state index < -0.39 is 5.60 Å². The normalized spacial score (nSPS) is 22.1. The second kappa shape index (κ2) is 5.42. The van der Waals surface area contributed by atoms with Gasteiger partial charge in [0.25, 0.3) is 0 Å². The summed E-state index contributed by atoms with van der Waals surface area (Å²) in [7, 11) is 3.94. The van der Waals surface area contributed by atoms with Crippen molar-refractivity contribution in [1.82, 2.24) is 0 Å². The molecule has 2 rings (SSSR count). The highest BCUT2D eigenvalue weighted by atomic mass is 16.3. The lowest BCUT2D eigenvalue weighted by atomic mass is 9.92. The summed E-state index contributed by atoms with van der Waals surface area (Å²) in [5.74, 6) is -0.00914. The van der Waals surface area contributed by atoms with Crippen LogP contribution in [-0.4, -0.2) is 43.8 Å².